The molecule has 0 aliphatic heterocycles. The summed E-state index contributed by atoms with van der Waals surface area (Å²) in [6, 6.07) is 13.1. The number of Topliss-reactive ketones (excluding diaryl/α,β-unsaturated/α-hetero) is 1. The average Bonchev–Trinajstić information content (AvgIpc) is 2.42. The lowest BCUT2D eigenvalue weighted by Gasteiger charge is -2.10. The first-order chi connectivity index (χ1) is 9.15. The number of hydrogen-bond donors (Lipinski definition) is 1. The lowest BCUT2D eigenvalue weighted by molar-refractivity contribution is -0.118. The molecule has 1 heterocycles. The molecule has 0 aliphatic rings. The molecule has 4 heteroatoms. The third-order valence-corrected chi connectivity index (χ3v) is 3.31. The fourth-order valence-corrected chi connectivity index (χ4v) is 2.08. The van der Waals surface area contributed by atoms with Gasteiger partial charge in [0.1, 0.15) is 5.78 Å². The summed E-state index contributed by atoms with van der Waals surface area (Å²) in [5.74, 6) is 0.103. The molecule has 19 heavy (non-hydrogen) atoms. The fourth-order valence-electron chi connectivity index (χ4n) is 1.85. The highest BCUT2D eigenvalue weighted by Gasteiger charge is 2.12. The van der Waals surface area contributed by atoms with E-state index in [0.717, 1.165) is 15.7 Å². The van der Waals surface area contributed by atoms with E-state index >= 15 is 0 Å². The van der Waals surface area contributed by atoms with Crippen LogP contribution in [0.25, 0.3) is 0 Å². The highest BCUT2D eigenvalue weighted by atomic mass is 79.9. The molecule has 2 rings (SSSR count). The highest BCUT2D eigenvalue weighted by molar-refractivity contribution is 9.10. The third kappa shape index (κ3) is 4.26. The number of rotatable bonds is 5. The van der Waals surface area contributed by atoms with E-state index in [1.54, 1.807) is 6.20 Å². The van der Waals surface area contributed by atoms with E-state index in [1.165, 1.54) is 0 Å². The van der Waals surface area contributed by atoms with E-state index in [0.29, 0.717) is 12.8 Å². The van der Waals surface area contributed by atoms with Crippen LogP contribution in [-0.2, 0) is 11.2 Å². The molecule has 1 atom stereocenters. The molecular weight excluding hydrogens is 304 g/mol. The van der Waals surface area contributed by atoms with Gasteiger partial charge in [0.25, 0.3) is 0 Å². The Balaban J connectivity index is 1.93. The number of nitrogens with two attached hydrogens (primary N) is 1. The van der Waals surface area contributed by atoms with Crippen molar-refractivity contribution in [1.82, 2.24) is 4.98 Å². The van der Waals surface area contributed by atoms with Gasteiger partial charge in [-0.3, -0.25) is 9.78 Å². The summed E-state index contributed by atoms with van der Waals surface area (Å²) in [5, 5.41) is 0. The molecule has 0 fully saturated rings. The Hall–Kier alpha value is -1.52. The van der Waals surface area contributed by atoms with E-state index < -0.39 is 0 Å². The first-order valence-electron chi connectivity index (χ1n) is 6.08. The van der Waals surface area contributed by atoms with Crippen LogP contribution in [0, 0.1) is 0 Å². The van der Waals surface area contributed by atoms with Gasteiger partial charge in [0.15, 0.2) is 0 Å². The number of halogens is 1. The summed E-state index contributed by atoms with van der Waals surface area (Å²) in [6.07, 6.45) is 2.36. The molecule has 2 aromatic rings. The Kier molecular flexibility index (Phi) is 4.82. The number of carbonyl (C=O) groups excluding carboxylic acids is 1. The summed E-state index contributed by atoms with van der Waals surface area (Å²) in [6.45, 7) is 0. The molecule has 98 valence electrons. The summed E-state index contributed by atoms with van der Waals surface area (Å²) >= 11 is 3.32. The zero-order valence-corrected chi connectivity index (χ0v) is 12.0. The van der Waals surface area contributed by atoms with Gasteiger partial charge < -0.3 is 5.73 Å². The zero-order chi connectivity index (χ0) is 13.7. The molecule has 0 amide bonds. The Morgan fingerprint density at radius 2 is 1.95 bits per heavy atom. The fraction of sp³-hybridized carbons (Fsp3) is 0.200. The van der Waals surface area contributed by atoms with Gasteiger partial charge in [-0.1, -0.05) is 30.3 Å². The number of hydrogen-bond acceptors (Lipinski definition) is 3. The predicted molar refractivity (Wildman–Crippen MR) is 78.6 cm³/mol. The van der Waals surface area contributed by atoms with Crippen molar-refractivity contribution in [3.05, 3.63) is 64.4 Å². The van der Waals surface area contributed by atoms with E-state index in [1.807, 2.05) is 42.5 Å². The number of ketones is 1. The number of aromatic nitrogens is 1. The van der Waals surface area contributed by atoms with Gasteiger partial charge in [0, 0.05) is 35.2 Å². The van der Waals surface area contributed by atoms with Crippen molar-refractivity contribution >= 4 is 21.7 Å². The van der Waals surface area contributed by atoms with Crippen LogP contribution in [0.5, 0.6) is 0 Å². The number of pyridine rings is 1. The average molecular weight is 319 g/mol. The topological polar surface area (TPSA) is 56.0 Å². The molecule has 2 N–H and O–H groups in total. The van der Waals surface area contributed by atoms with Crippen LogP contribution in [0.4, 0.5) is 0 Å². The third-order valence-electron chi connectivity index (χ3n) is 2.84. The molecule has 0 saturated heterocycles. The Morgan fingerprint density at radius 1 is 1.21 bits per heavy atom. The summed E-state index contributed by atoms with van der Waals surface area (Å²) < 4.78 is 0.907. The van der Waals surface area contributed by atoms with E-state index in [4.69, 9.17) is 5.73 Å². The van der Waals surface area contributed by atoms with Gasteiger partial charge in [-0.2, -0.15) is 0 Å². The molecule has 3 nitrogen and oxygen atoms in total. The first kappa shape index (κ1) is 13.9. The van der Waals surface area contributed by atoms with Gasteiger partial charge in [-0.15, -0.1) is 0 Å². The van der Waals surface area contributed by atoms with Crippen molar-refractivity contribution in [2.45, 2.75) is 18.9 Å². The van der Waals surface area contributed by atoms with Crippen LogP contribution >= 0.6 is 15.9 Å². The van der Waals surface area contributed by atoms with E-state index in [2.05, 4.69) is 20.9 Å². The maximum absolute atomic E-state index is 11.9. The predicted octanol–water partition coefficient (Wildman–Crippen LogP) is 3.05. The minimum absolute atomic E-state index is 0.103. The second-order valence-corrected chi connectivity index (χ2v) is 5.32. The number of benzene rings is 1. The van der Waals surface area contributed by atoms with Gasteiger partial charge >= 0.3 is 0 Å². The lowest BCUT2D eigenvalue weighted by atomic mass is 10.0. The Bertz CT molecular complexity index is 540. The van der Waals surface area contributed by atoms with Gasteiger partial charge in [0.05, 0.1) is 0 Å². The van der Waals surface area contributed by atoms with E-state index in [9.17, 15) is 4.79 Å². The summed E-state index contributed by atoms with van der Waals surface area (Å²) in [5.41, 5.74) is 7.78. The van der Waals surface area contributed by atoms with Crippen molar-refractivity contribution in [3.8, 4) is 0 Å². The number of nitrogens with zero attached hydrogens (tertiary/aromatic N) is 1. The molecule has 0 radical (unpaired) electrons. The standard InChI is InChI=1S/C15H15BrN2O/c16-12-6-7-13(18-10-12)8-14(19)9-15(17)11-4-2-1-3-5-11/h1-7,10,15H,8-9,17H2. The lowest BCUT2D eigenvalue weighted by Crippen LogP contribution is -2.17. The van der Waals surface area contributed by atoms with Crippen LogP contribution in [0.1, 0.15) is 23.7 Å². The monoisotopic (exact) mass is 318 g/mol. The smallest absolute Gasteiger partial charge is 0.140 e. The maximum atomic E-state index is 11.9. The highest BCUT2D eigenvalue weighted by Crippen LogP contribution is 2.15. The van der Waals surface area contributed by atoms with Crippen LogP contribution in [0.3, 0.4) is 0 Å². The molecule has 0 bridgehead atoms. The van der Waals surface area contributed by atoms with Crippen LogP contribution in [0.15, 0.2) is 53.1 Å². The SMILES string of the molecule is NC(CC(=O)Cc1ccc(Br)cn1)c1ccccc1. The zero-order valence-electron chi connectivity index (χ0n) is 10.4. The van der Waals surface area contributed by atoms with Crippen LogP contribution in [-0.4, -0.2) is 10.8 Å². The van der Waals surface area contributed by atoms with Crippen molar-refractivity contribution in [1.29, 1.82) is 0 Å². The quantitative estimate of drug-likeness (QED) is 0.921. The van der Waals surface area contributed by atoms with Gasteiger partial charge in [0.2, 0.25) is 0 Å². The Morgan fingerprint density at radius 3 is 2.58 bits per heavy atom. The first-order valence-corrected chi connectivity index (χ1v) is 6.87. The molecule has 1 unspecified atom stereocenters. The second kappa shape index (κ2) is 6.59. The van der Waals surface area contributed by atoms with Crippen molar-refractivity contribution in [3.63, 3.8) is 0 Å². The summed E-state index contributed by atoms with van der Waals surface area (Å²) in [4.78, 5) is 16.1. The van der Waals surface area contributed by atoms with Crippen LogP contribution < -0.4 is 5.73 Å². The maximum Gasteiger partial charge on any atom is 0.140 e. The van der Waals surface area contributed by atoms with Crippen LogP contribution in [0.2, 0.25) is 0 Å². The van der Waals surface area contributed by atoms with Crippen molar-refractivity contribution in [2.75, 3.05) is 0 Å². The largest absolute Gasteiger partial charge is 0.324 e. The minimum atomic E-state index is -0.246. The second-order valence-electron chi connectivity index (χ2n) is 4.40. The Labute approximate surface area is 121 Å². The summed E-state index contributed by atoms with van der Waals surface area (Å²) in [7, 11) is 0. The molecule has 1 aromatic heterocycles. The normalized spacial score (nSPS) is 12.1. The number of carbonyl (C=O) groups is 1. The minimum Gasteiger partial charge on any atom is -0.324 e. The molecule has 0 saturated carbocycles. The van der Waals surface area contributed by atoms with Gasteiger partial charge in [-0.05, 0) is 33.6 Å². The van der Waals surface area contributed by atoms with Crippen molar-refractivity contribution in [2.24, 2.45) is 5.73 Å². The van der Waals surface area contributed by atoms with Gasteiger partial charge in [-0.25, -0.2) is 0 Å². The molecule has 1 aromatic carbocycles. The molecular formula is C15H15BrN2O. The molecule has 0 aliphatic carbocycles. The molecule has 0 spiro atoms. The van der Waals surface area contributed by atoms with Crippen molar-refractivity contribution < 1.29 is 4.79 Å². The van der Waals surface area contributed by atoms with E-state index in [-0.39, 0.29) is 11.8 Å².